The highest BCUT2D eigenvalue weighted by molar-refractivity contribution is 6.31. The Balaban J connectivity index is 1.64. The molecule has 0 radical (unpaired) electrons. The maximum atomic E-state index is 12.4. The first-order chi connectivity index (χ1) is 11.6. The second-order valence-electron chi connectivity index (χ2n) is 6.10. The van der Waals surface area contributed by atoms with Crippen LogP contribution in [0, 0.1) is 5.92 Å². The topological polar surface area (TPSA) is 67.9 Å². The molecule has 1 aromatic carbocycles. The summed E-state index contributed by atoms with van der Waals surface area (Å²) in [6, 6.07) is 5.11. The van der Waals surface area contributed by atoms with Gasteiger partial charge in [-0.25, -0.2) is 0 Å². The average molecular weight is 353 g/mol. The highest BCUT2D eigenvalue weighted by Crippen LogP contribution is 2.35. The molecule has 2 aliphatic rings. The number of hydrogen-bond donors (Lipinski definition) is 1. The summed E-state index contributed by atoms with van der Waals surface area (Å²) in [4.78, 5) is 26.3. The van der Waals surface area contributed by atoms with Crippen LogP contribution in [0.1, 0.15) is 19.3 Å². The van der Waals surface area contributed by atoms with Gasteiger partial charge in [0.1, 0.15) is 5.75 Å². The van der Waals surface area contributed by atoms with Gasteiger partial charge in [-0.3, -0.25) is 9.59 Å². The Hall–Kier alpha value is -1.79. The van der Waals surface area contributed by atoms with E-state index in [9.17, 15) is 9.59 Å². The first-order valence-electron chi connectivity index (χ1n) is 8.11. The van der Waals surface area contributed by atoms with Crippen molar-refractivity contribution in [1.82, 2.24) is 5.32 Å². The van der Waals surface area contributed by atoms with Gasteiger partial charge in [-0.15, -0.1) is 0 Å². The Labute approximate surface area is 146 Å². The van der Waals surface area contributed by atoms with Crippen molar-refractivity contribution in [1.29, 1.82) is 0 Å². The smallest absolute Gasteiger partial charge is 0.227 e. The Morgan fingerprint density at radius 3 is 3.04 bits per heavy atom. The molecule has 2 amide bonds. The van der Waals surface area contributed by atoms with E-state index in [1.54, 1.807) is 30.2 Å². The van der Waals surface area contributed by atoms with Gasteiger partial charge in [0.05, 0.1) is 24.8 Å². The lowest BCUT2D eigenvalue weighted by Gasteiger charge is -2.20. The number of carbonyl (C=O) groups is 2. The fourth-order valence-electron chi connectivity index (χ4n) is 3.15. The molecule has 2 aliphatic heterocycles. The second-order valence-corrected chi connectivity index (χ2v) is 6.54. The third kappa shape index (κ3) is 3.65. The minimum absolute atomic E-state index is 0.0928. The molecule has 130 valence electrons. The van der Waals surface area contributed by atoms with Gasteiger partial charge in [-0.05, 0) is 31.0 Å². The molecule has 6 nitrogen and oxygen atoms in total. The zero-order valence-electron chi connectivity index (χ0n) is 13.6. The molecule has 7 heteroatoms. The fourth-order valence-corrected chi connectivity index (χ4v) is 3.32. The molecule has 0 aliphatic carbocycles. The zero-order valence-corrected chi connectivity index (χ0v) is 14.3. The number of amides is 2. The summed E-state index contributed by atoms with van der Waals surface area (Å²) in [6.07, 6.45) is 2.28. The first-order valence-corrected chi connectivity index (χ1v) is 8.49. The highest BCUT2D eigenvalue weighted by Gasteiger charge is 2.36. The molecule has 0 spiro atoms. The molecule has 2 atom stereocenters. The minimum Gasteiger partial charge on any atom is -0.495 e. The summed E-state index contributed by atoms with van der Waals surface area (Å²) in [5, 5.41) is 3.42. The largest absolute Gasteiger partial charge is 0.495 e. The minimum atomic E-state index is -0.373. The predicted molar refractivity (Wildman–Crippen MR) is 90.4 cm³/mol. The quantitative estimate of drug-likeness (QED) is 0.880. The fraction of sp³-hybridized carbons (Fsp3) is 0.529. The molecule has 0 aromatic heterocycles. The number of rotatable bonds is 5. The Morgan fingerprint density at radius 2 is 2.33 bits per heavy atom. The second kappa shape index (κ2) is 7.40. The maximum Gasteiger partial charge on any atom is 0.227 e. The summed E-state index contributed by atoms with van der Waals surface area (Å²) >= 11 is 6.03. The average Bonchev–Trinajstić information content (AvgIpc) is 3.22. The monoisotopic (exact) mass is 352 g/mol. The van der Waals surface area contributed by atoms with Crippen LogP contribution in [0.4, 0.5) is 5.69 Å². The van der Waals surface area contributed by atoms with E-state index in [1.807, 2.05) is 0 Å². The van der Waals surface area contributed by atoms with Crippen LogP contribution in [0.15, 0.2) is 18.2 Å². The van der Waals surface area contributed by atoms with Crippen molar-refractivity contribution in [2.75, 3.05) is 31.7 Å². The zero-order chi connectivity index (χ0) is 17.1. The molecule has 0 saturated carbocycles. The highest BCUT2D eigenvalue weighted by atomic mass is 35.5. The number of carbonyl (C=O) groups excluding carboxylic acids is 2. The van der Waals surface area contributed by atoms with Crippen molar-refractivity contribution in [2.24, 2.45) is 5.92 Å². The lowest BCUT2D eigenvalue weighted by atomic mass is 10.1. The van der Waals surface area contributed by atoms with Gasteiger partial charge in [0.2, 0.25) is 11.8 Å². The van der Waals surface area contributed by atoms with Gasteiger partial charge < -0.3 is 19.7 Å². The van der Waals surface area contributed by atoms with E-state index < -0.39 is 0 Å². The van der Waals surface area contributed by atoms with Crippen molar-refractivity contribution in [3.63, 3.8) is 0 Å². The number of anilines is 1. The summed E-state index contributed by atoms with van der Waals surface area (Å²) in [7, 11) is 1.54. The number of benzene rings is 1. The number of halogens is 1. The van der Waals surface area contributed by atoms with Gasteiger partial charge in [0.25, 0.3) is 0 Å². The SMILES string of the molecule is COc1ccc(Cl)cc1N1CC(C(=O)NCC2CCCO2)CC1=O. The Kier molecular flexibility index (Phi) is 5.26. The molecular weight excluding hydrogens is 332 g/mol. The van der Waals surface area contributed by atoms with Crippen molar-refractivity contribution in [2.45, 2.75) is 25.4 Å². The summed E-state index contributed by atoms with van der Waals surface area (Å²) < 4.78 is 10.8. The number of methoxy groups -OCH3 is 1. The summed E-state index contributed by atoms with van der Waals surface area (Å²) in [6.45, 7) is 1.59. The number of nitrogens with one attached hydrogen (secondary N) is 1. The molecule has 1 aromatic rings. The summed E-state index contributed by atoms with van der Waals surface area (Å²) in [5.74, 6) is -0.0223. The molecule has 3 rings (SSSR count). The molecule has 2 saturated heterocycles. The molecule has 0 bridgehead atoms. The van der Waals surface area contributed by atoms with E-state index >= 15 is 0 Å². The van der Waals surface area contributed by atoms with Crippen LogP contribution in [0.25, 0.3) is 0 Å². The number of nitrogens with zero attached hydrogens (tertiary/aromatic N) is 1. The maximum absolute atomic E-state index is 12.4. The van der Waals surface area contributed by atoms with E-state index in [0.717, 1.165) is 19.4 Å². The van der Waals surface area contributed by atoms with Crippen molar-refractivity contribution >= 4 is 29.1 Å². The molecule has 2 heterocycles. The molecule has 1 N–H and O–H groups in total. The van der Waals surface area contributed by atoms with Gasteiger partial charge in [0.15, 0.2) is 0 Å². The Morgan fingerprint density at radius 1 is 1.50 bits per heavy atom. The van der Waals surface area contributed by atoms with E-state index in [4.69, 9.17) is 21.1 Å². The summed E-state index contributed by atoms with van der Waals surface area (Å²) in [5.41, 5.74) is 0.601. The molecule has 24 heavy (non-hydrogen) atoms. The van der Waals surface area contributed by atoms with Crippen LogP contribution in [-0.2, 0) is 14.3 Å². The normalized spacial score (nSPS) is 23.6. The standard InChI is InChI=1S/C17H21ClN2O4/c1-23-15-5-4-12(18)8-14(15)20-10-11(7-16(20)21)17(22)19-9-13-3-2-6-24-13/h4-5,8,11,13H,2-3,6-7,9-10H2,1H3,(H,19,22). The molecular formula is C17H21ClN2O4. The lowest BCUT2D eigenvalue weighted by molar-refractivity contribution is -0.126. The predicted octanol–water partition coefficient (Wildman–Crippen LogP) is 2.00. The van der Waals surface area contributed by atoms with Crippen LogP contribution in [0.3, 0.4) is 0 Å². The Bertz CT molecular complexity index is 631. The van der Waals surface area contributed by atoms with Crippen LogP contribution in [0.5, 0.6) is 5.75 Å². The third-order valence-electron chi connectivity index (χ3n) is 4.46. The van der Waals surface area contributed by atoms with E-state index in [1.165, 1.54) is 0 Å². The number of ether oxygens (including phenoxy) is 2. The van der Waals surface area contributed by atoms with Gasteiger partial charge in [-0.2, -0.15) is 0 Å². The first kappa shape index (κ1) is 17.0. The van der Waals surface area contributed by atoms with Crippen LogP contribution in [0.2, 0.25) is 5.02 Å². The van der Waals surface area contributed by atoms with Crippen LogP contribution in [-0.4, -0.2) is 44.7 Å². The van der Waals surface area contributed by atoms with Crippen molar-refractivity contribution < 1.29 is 19.1 Å². The van der Waals surface area contributed by atoms with Gasteiger partial charge in [-0.1, -0.05) is 11.6 Å². The van der Waals surface area contributed by atoms with Crippen molar-refractivity contribution in [3.05, 3.63) is 23.2 Å². The molecule has 2 unspecified atom stereocenters. The molecule has 2 fully saturated rings. The van der Waals surface area contributed by atoms with Crippen molar-refractivity contribution in [3.8, 4) is 5.75 Å². The number of hydrogen-bond acceptors (Lipinski definition) is 4. The van der Waals surface area contributed by atoms with E-state index in [2.05, 4.69) is 5.32 Å². The van der Waals surface area contributed by atoms with Gasteiger partial charge in [0, 0.05) is 31.1 Å². The van der Waals surface area contributed by atoms with Gasteiger partial charge >= 0.3 is 0 Å². The van der Waals surface area contributed by atoms with Crippen LogP contribution >= 0.6 is 11.6 Å². The lowest BCUT2D eigenvalue weighted by Crippen LogP contribution is -2.37. The third-order valence-corrected chi connectivity index (χ3v) is 4.69. The van der Waals surface area contributed by atoms with E-state index in [-0.39, 0.29) is 30.3 Å². The van der Waals surface area contributed by atoms with E-state index in [0.29, 0.717) is 29.5 Å². The van der Waals surface area contributed by atoms with Crippen LogP contribution < -0.4 is 15.0 Å².